The molecule has 9 nitrogen and oxygen atoms in total. The number of likely N-dealkylation sites (tertiary alicyclic amines) is 1. The van der Waals surface area contributed by atoms with Gasteiger partial charge in [-0.3, -0.25) is 9.59 Å². The molecule has 2 fully saturated rings. The van der Waals surface area contributed by atoms with Crippen LogP contribution in [0.4, 0.5) is 0 Å². The number of hydrogen-bond donors (Lipinski definition) is 4. The summed E-state index contributed by atoms with van der Waals surface area (Å²) >= 11 is 1.24. The van der Waals surface area contributed by atoms with Gasteiger partial charge < -0.3 is 35.2 Å². The van der Waals surface area contributed by atoms with Crippen molar-refractivity contribution in [2.45, 2.75) is 94.8 Å². The second-order valence-electron chi connectivity index (χ2n) is 10.6. The Balaban J connectivity index is 1.82. The molecule has 0 bridgehead atoms. The molecule has 10 heteroatoms. The number of aliphatic hydroxyl groups excluding tert-OH is 3. The number of piperidine rings is 1. The summed E-state index contributed by atoms with van der Waals surface area (Å²) in [6.07, 6.45) is 6.52. The number of carbonyl (C=O) groups is 2. The van der Waals surface area contributed by atoms with Gasteiger partial charge in [-0.05, 0) is 43.6 Å². The number of amides is 2. The van der Waals surface area contributed by atoms with Gasteiger partial charge in [0.2, 0.25) is 5.91 Å². The Morgan fingerprint density at radius 1 is 1.22 bits per heavy atom. The Labute approximate surface area is 218 Å². The van der Waals surface area contributed by atoms with E-state index in [4.69, 9.17) is 4.74 Å². The average Bonchev–Trinajstić information content (AvgIpc) is 2.86. The van der Waals surface area contributed by atoms with Gasteiger partial charge in [-0.15, -0.1) is 11.8 Å². The number of allylic oxidation sites excluding steroid dienone is 1. The van der Waals surface area contributed by atoms with Crippen LogP contribution >= 0.6 is 11.8 Å². The molecule has 204 valence electrons. The molecule has 3 heterocycles. The van der Waals surface area contributed by atoms with Gasteiger partial charge in [-0.25, -0.2) is 0 Å². The SMILES string of the molecule is CCC[C@@H]1CCN(C(=O)C2=CN(C)C=CC2)[C@H](C(=O)N[C@H](C(C)C)[C@H]2O[C@H](SC)[C@H](O)[C@@H](O)[C@H]2O)C1. The molecule has 3 aliphatic heterocycles. The third-order valence-corrected chi connectivity index (χ3v) is 8.36. The number of carbonyl (C=O) groups excluding carboxylic acids is 2. The van der Waals surface area contributed by atoms with Crippen molar-refractivity contribution >= 4 is 23.6 Å². The molecule has 0 aromatic rings. The first kappa shape index (κ1) is 29.0. The molecule has 3 rings (SSSR count). The lowest BCUT2D eigenvalue weighted by atomic mass is 9.85. The van der Waals surface area contributed by atoms with Crippen LogP contribution in [0.5, 0.6) is 0 Å². The smallest absolute Gasteiger partial charge is 0.252 e. The predicted octanol–water partition coefficient (Wildman–Crippen LogP) is 1.44. The van der Waals surface area contributed by atoms with E-state index < -0.39 is 41.9 Å². The summed E-state index contributed by atoms with van der Waals surface area (Å²) < 4.78 is 5.97. The summed E-state index contributed by atoms with van der Waals surface area (Å²) in [6, 6.07) is -1.25. The van der Waals surface area contributed by atoms with E-state index in [1.165, 1.54) is 11.8 Å². The standard InChI is InChI=1S/C26H43N3O6S/c1-6-8-16-10-12-29(25(34)17-9-7-11-28(4)14-17)18(13-16)24(33)27-19(15(2)3)23-21(31)20(30)22(32)26(35-23)36-5/h7,11,14-16,18-23,26,30-32H,6,8-10,12-13H2,1-5H3,(H,27,33)/t16-,18+,19-,20+,21-,22-,23-,26-/m1/s1. The molecular weight excluding hydrogens is 482 g/mol. The van der Waals surface area contributed by atoms with E-state index in [1.54, 1.807) is 11.2 Å². The number of thioether (sulfide) groups is 1. The minimum atomic E-state index is -1.38. The van der Waals surface area contributed by atoms with Crippen LogP contribution < -0.4 is 5.32 Å². The zero-order valence-electron chi connectivity index (χ0n) is 22.0. The van der Waals surface area contributed by atoms with Gasteiger partial charge in [0.25, 0.3) is 5.91 Å². The minimum absolute atomic E-state index is 0.127. The number of rotatable bonds is 8. The van der Waals surface area contributed by atoms with Crippen LogP contribution in [0.15, 0.2) is 24.0 Å². The van der Waals surface area contributed by atoms with Crippen molar-refractivity contribution in [3.05, 3.63) is 24.0 Å². The Morgan fingerprint density at radius 2 is 1.94 bits per heavy atom. The lowest BCUT2D eigenvalue weighted by molar-refractivity contribution is -0.208. The molecule has 0 saturated carbocycles. The van der Waals surface area contributed by atoms with Gasteiger partial charge in [0, 0.05) is 25.4 Å². The zero-order chi connectivity index (χ0) is 26.6. The van der Waals surface area contributed by atoms with Gasteiger partial charge in [0.1, 0.15) is 35.9 Å². The molecule has 4 N–H and O–H groups in total. The molecule has 2 amide bonds. The van der Waals surface area contributed by atoms with Crippen LogP contribution in [0.25, 0.3) is 0 Å². The quantitative estimate of drug-likeness (QED) is 0.376. The molecule has 0 aromatic heterocycles. The van der Waals surface area contributed by atoms with Gasteiger partial charge in [0.15, 0.2) is 0 Å². The summed E-state index contributed by atoms with van der Waals surface area (Å²) in [7, 11) is 1.87. The zero-order valence-corrected chi connectivity index (χ0v) is 22.9. The molecule has 0 unspecified atom stereocenters. The second kappa shape index (κ2) is 12.8. The van der Waals surface area contributed by atoms with Crippen molar-refractivity contribution in [2.75, 3.05) is 19.8 Å². The monoisotopic (exact) mass is 525 g/mol. The molecular formula is C26H43N3O6S. The maximum absolute atomic E-state index is 13.8. The first-order valence-electron chi connectivity index (χ1n) is 13.0. The van der Waals surface area contributed by atoms with Crippen molar-refractivity contribution in [1.82, 2.24) is 15.1 Å². The summed E-state index contributed by atoms with van der Waals surface area (Å²) in [5, 5.41) is 34.5. The fraction of sp³-hybridized carbons (Fsp3) is 0.769. The minimum Gasteiger partial charge on any atom is -0.388 e. The van der Waals surface area contributed by atoms with E-state index >= 15 is 0 Å². The third kappa shape index (κ3) is 6.45. The topological polar surface area (TPSA) is 123 Å². The first-order valence-corrected chi connectivity index (χ1v) is 14.3. The van der Waals surface area contributed by atoms with Crippen molar-refractivity contribution in [1.29, 1.82) is 0 Å². The maximum atomic E-state index is 13.8. The number of nitrogens with zero attached hydrogens (tertiary/aromatic N) is 2. The number of aliphatic hydroxyl groups is 3. The lowest BCUT2D eigenvalue weighted by Crippen LogP contribution is -2.65. The number of hydrogen-bond acceptors (Lipinski definition) is 8. The molecule has 8 atom stereocenters. The number of nitrogens with one attached hydrogen (secondary N) is 1. The Morgan fingerprint density at radius 3 is 2.56 bits per heavy atom. The lowest BCUT2D eigenvalue weighted by Gasteiger charge is -2.45. The van der Waals surface area contributed by atoms with Crippen LogP contribution in [-0.2, 0) is 14.3 Å². The normalized spacial score (nSPS) is 33.9. The number of ether oxygens (including phenoxy) is 1. The highest BCUT2D eigenvalue weighted by molar-refractivity contribution is 7.99. The van der Waals surface area contributed by atoms with E-state index in [2.05, 4.69) is 12.2 Å². The maximum Gasteiger partial charge on any atom is 0.252 e. The van der Waals surface area contributed by atoms with E-state index in [0.717, 1.165) is 19.3 Å². The Hall–Kier alpha value is -1.59. The molecule has 3 aliphatic rings. The molecule has 2 saturated heterocycles. The fourth-order valence-electron chi connectivity index (χ4n) is 5.47. The summed E-state index contributed by atoms with van der Waals surface area (Å²) in [6.45, 7) is 6.46. The van der Waals surface area contributed by atoms with Gasteiger partial charge >= 0.3 is 0 Å². The van der Waals surface area contributed by atoms with Crippen molar-refractivity contribution in [3.63, 3.8) is 0 Å². The molecule has 0 spiro atoms. The van der Waals surface area contributed by atoms with Crippen LogP contribution in [0, 0.1) is 11.8 Å². The van der Waals surface area contributed by atoms with Gasteiger partial charge in [-0.1, -0.05) is 39.7 Å². The first-order chi connectivity index (χ1) is 17.1. The van der Waals surface area contributed by atoms with Crippen LogP contribution in [0.1, 0.15) is 52.9 Å². The van der Waals surface area contributed by atoms with Crippen LogP contribution in [-0.4, -0.2) is 98.7 Å². The van der Waals surface area contributed by atoms with E-state index in [1.807, 2.05) is 44.3 Å². The van der Waals surface area contributed by atoms with Crippen LogP contribution in [0.3, 0.4) is 0 Å². The largest absolute Gasteiger partial charge is 0.388 e. The predicted molar refractivity (Wildman–Crippen MR) is 140 cm³/mol. The molecule has 0 aliphatic carbocycles. The highest BCUT2D eigenvalue weighted by Crippen LogP contribution is 2.32. The Bertz CT molecular complexity index is 834. The van der Waals surface area contributed by atoms with Crippen molar-refractivity contribution < 1.29 is 29.6 Å². The summed E-state index contributed by atoms with van der Waals surface area (Å²) in [5.74, 6) is -0.181. The fourth-order valence-corrected chi connectivity index (χ4v) is 6.15. The van der Waals surface area contributed by atoms with E-state index in [-0.39, 0.29) is 17.7 Å². The highest BCUT2D eigenvalue weighted by Gasteiger charge is 2.48. The second-order valence-corrected chi connectivity index (χ2v) is 11.5. The molecule has 0 aromatic carbocycles. The highest BCUT2D eigenvalue weighted by atomic mass is 32.2. The van der Waals surface area contributed by atoms with Gasteiger partial charge in [-0.2, -0.15) is 0 Å². The van der Waals surface area contributed by atoms with E-state index in [0.29, 0.717) is 30.9 Å². The summed E-state index contributed by atoms with van der Waals surface area (Å²) in [5.41, 5.74) is -0.0744. The average molecular weight is 526 g/mol. The molecule has 36 heavy (non-hydrogen) atoms. The van der Waals surface area contributed by atoms with E-state index in [9.17, 15) is 24.9 Å². The summed E-state index contributed by atoms with van der Waals surface area (Å²) in [4.78, 5) is 30.8. The van der Waals surface area contributed by atoms with Crippen molar-refractivity contribution in [2.24, 2.45) is 11.8 Å². The molecule has 0 radical (unpaired) electrons. The Kier molecular flexibility index (Phi) is 10.3. The van der Waals surface area contributed by atoms with Crippen LogP contribution in [0.2, 0.25) is 0 Å². The van der Waals surface area contributed by atoms with Crippen molar-refractivity contribution in [3.8, 4) is 0 Å². The third-order valence-electron chi connectivity index (χ3n) is 7.50. The van der Waals surface area contributed by atoms with Gasteiger partial charge in [0.05, 0.1) is 6.04 Å².